The van der Waals surface area contributed by atoms with Crippen molar-refractivity contribution in [2.75, 3.05) is 0 Å². The van der Waals surface area contributed by atoms with Crippen LogP contribution < -0.4 is 0 Å². The molecule has 0 aliphatic rings. The molecule has 1 atom stereocenters. The quantitative estimate of drug-likeness (QED) is 0.500. The van der Waals surface area contributed by atoms with E-state index in [9.17, 15) is 4.79 Å². The number of carbonyl (C=O) groups is 1. The number of aromatic hydroxyl groups is 3. The van der Waals surface area contributed by atoms with Gasteiger partial charge >= 0.3 is 5.97 Å². The van der Waals surface area contributed by atoms with Crippen LogP contribution in [0.1, 0.15) is 30.6 Å². The Hall–Kier alpha value is -1.95. The summed E-state index contributed by atoms with van der Waals surface area (Å²) in [6.07, 6.45) is 0.745. The van der Waals surface area contributed by atoms with Crippen molar-refractivity contribution in [3.05, 3.63) is 17.7 Å². The van der Waals surface area contributed by atoms with Gasteiger partial charge in [-0.1, -0.05) is 6.92 Å². The molecular weight excluding hydrogens is 228 g/mol. The first-order valence-corrected chi connectivity index (χ1v) is 4.95. The molecule has 6 heteroatoms. The molecule has 96 valence electrons. The van der Waals surface area contributed by atoms with E-state index in [1.807, 2.05) is 6.92 Å². The van der Waals surface area contributed by atoms with Gasteiger partial charge in [0.25, 0.3) is 0 Å². The van der Waals surface area contributed by atoms with Gasteiger partial charge in [0.05, 0.1) is 11.7 Å². The van der Waals surface area contributed by atoms with Gasteiger partial charge in [0.15, 0.2) is 17.2 Å². The fourth-order valence-electron chi connectivity index (χ4n) is 0.728. The Kier molecular flexibility index (Phi) is 5.84. The number of aromatic carboxylic acids is 1. The lowest BCUT2D eigenvalue weighted by atomic mass is 10.2. The molecule has 0 radical (unpaired) electrons. The van der Waals surface area contributed by atoms with Crippen LogP contribution in [-0.2, 0) is 0 Å². The third-order valence-corrected chi connectivity index (χ3v) is 1.91. The molecule has 0 aliphatic carbocycles. The van der Waals surface area contributed by atoms with Crippen LogP contribution in [0, 0.1) is 0 Å². The van der Waals surface area contributed by atoms with Crippen molar-refractivity contribution < 1.29 is 30.3 Å². The highest BCUT2D eigenvalue weighted by atomic mass is 16.4. The van der Waals surface area contributed by atoms with Crippen LogP contribution in [0.3, 0.4) is 0 Å². The summed E-state index contributed by atoms with van der Waals surface area (Å²) < 4.78 is 0. The average Bonchev–Trinajstić information content (AvgIpc) is 2.25. The number of aliphatic hydroxyl groups is 1. The smallest absolute Gasteiger partial charge is 0.335 e. The second kappa shape index (κ2) is 6.59. The van der Waals surface area contributed by atoms with Crippen molar-refractivity contribution in [3.8, 4) is 17.2 Å². The van der Waals surface area contributed by atoms with E-state index in [-0.39, 0.29) is 11.7 Å². The van der Waals surface area contributed by atoms with Crippen LogP contribution >= 0.6 is 0 Å². The highest BCUT2D eigenvalue weighted by Crippen LogP contribution is 2.35. The second-order valence-corrected chi connectivity index (χ2v) is 3.43. The standard InChI is InChI=1S/C7H6O5.C4H10O/c8-4-1-3(7(11)12)2-5(9)6(4)10;1-3-4(2)5/h1-2,8-10H,(H,11,12);4-5H,3H2,1-2H3. The summed E-state index contributed by atoms with van der Waals surface area (Å²) in [5.74, 6) is -3.33. The molecule has 0 amide bonds. The zero-order valence-corrected chi connectivity index (χ0v) is 9.58. The summed E-state index contributed by atoms with van der Waals surface area (Å²) in [6, 6.07) is 1.69. The maximum atomic E-state index is 10.3. The SMILES string of the molecule is CCC(C)O.O=C(O)c1cc(O)c(O)c(O)c1. The van der Waals surface area contributed by atoms with Crippen LogP contribution in [-0.4, -0.2) is 37.6 Å². The molecule has 1 aromatic rings. The molecule has 17 heavy (non-hydrogen) atoms. The first kappa shape index (κ1) is 15.0. The predicted molar refractivity (Wildman–Crippen MR) is 60.4 cm³/mol. The van der Waals surface area contributed by atoms with E-state index in [0.717, 1.165) is 18.6 Å². The lowest BCUT2D eigenvalue weighted by Gasteiger charge is -2.01. The van der Waals surface area contributed by atoms with Crippen LogP contribution in [0.5, 0.6) is 17.2 Å². The number of phenols is 3. The molecule has 0 aromatic heterocycles. The third-order valence-electron chi connectivity index (χ3n) is 1.91. The topological polar surface area (TPSA) is 118 Å². The molecule has 0 saturated carbocycles. The first-order valence-electron chi connectivity index (χ1n) is 4.95. The van der Waals surface area contributed by atoms with Gasteiger partial charge in [0, 0.05) is 0 Å². The van der Waals surface area contributed by atoms with Crippen LogP contribution in [0.2, 0.25) is 0 Å². The predicted octanol–water partition coefficient (Wildman–Crippen LogP) is 1.28. The van der Waals surface area contributed by atoms with Gasteiger partial charge in [-0.3, -0.25) is 0 Å². The number of benzene rings is 1. The van der Waals surface area contributed by atoms with E-state index in [1.165, 1.54) is 0 Å². The van der Waals surface area contributed by atoms with Gasteiger partial charge in [-0.2, -0.15) is 0 Å². The monoisotopic (exact) mass is 244 g/mol. The number of hydrogen-bond acceptors (Lipinski definition) is 5. The van der Waals surface area contributed by atoms with Gasteiger partial charge in [-0.05, 0) is 25.5 Å². The van der Waals surface area contributed by atoms with Gasteiger partial charge < -0.3 is 25.5 Å². The Bertz CT molecular complexity index is 363. The molecule has 1 unspecified atom stereocenters. The number of carboxylic acid groups (broad SMARTS) is 1. The van der Waals surface area contributed by atoms with Crippen LogP contribution in [0.25, 0.3) is 0 Å². The van der Waals surface area contributed by atoms with E-state index in [1.54, 1.807) is 6.92 Å². The van der Waals surface area contributed by atoms with Crippen molar-refractivity contribution in [2.45, 2.75) is 26.4 Å². The molecular formula is C11H16O6. The summed E-state index contributed by atoms with van der Waals surface area (Å²) in [5, 5.41) is 43.3. The first-order chi connectivity index (χ1) is 7.79. The largest absolute Gasteiger partial charge is 0.504 e. The molecule has 0 bridgehead atoms. The number of aliphatic hydroxyl groups excluding tert-OH is 1. The summed E-state index contributed by atoms with van der Waals surface area (Å²) >= 11 is 0. The molecule has 0 fully saturated rings. The molecule has 0 aliphatic heterocycles. The van der Waals surface area contributed by atoms with Crippen molar-refractivity contribution in [1.29, 1.82) is 0 Å². The number of phenolic OH excluding ortho intramolecular Hbond substituents is 3. The highest BCUT2D eigenvalue weighted by Gasteiger charge is 2.11. The Morgan fingerprint density at radius 3 is 1.82 bits per heavy atom. The minimum Gasteiger partial charge on any atom is -0.504 e. The molecule has 0 heterocycles. The molecule has 1 rings (SSSR count). The zero-order valence-electron chi connectivity index (χ0n) is 9.58. The van der Waals surface area contributed by atoms with Crippen molar-refractivity contribution in [3.63, 3.8) is 0 Å². The van der Waals surface area contributed by atoms with E-state index >= 15 is 0 Å². The maximum Gasteiger partial charge on any atom is 0.335 e. The summed E-state index contributed by atoms with van der Waals surface area (Å²) in [6.45, 7) is 3.73. The Balaban J connectivity index is 0.000000437. The average molecular weight is 244 g/mol. The van der Waals surface area contributed by atoms with Crippen LogP contribution in [0.15, 0.2) is 12.1 Å². The zero-order chi connectivity index (χ0) is 13.6. The lowest BCUT2D eigenvalue weighted by molar-refractivity contribution is 0.0696. The number of hydrogen-bond donors (Lipinski definition) is 5. The fraction of sp³-hybridized carbons (Fsp3) is 0.364. The van der Waals surface area contributed by atoms with E-state index in [4.69, 9.17) is 25.5 Å². The highest BCUT2D eigenvalue weighted by molar-refractivity contribution is 5.89. The summed E-state index contributed by atoms with van der Waals surface area (Å²) in [7, 11) is 0. The number of carboxylic acids is 1. The maximum absolute atomic E-state index is 10.3. The Morgan fingerprint density at radius 2 is 1.59 bits per heavy atom. The molecule has 1 aromatic carbocycles. The van der Waals surface area contributed by atoms with Gasteiger partial charge in [-0.15, -0.1) is 0 Å². The fourth-order valence-corrected chi connectivity index (χ4v) is 0.728. The number of rotatable bonds is 2. The van der Waals surface area contributed by atoms with Gasteiger partial charge in [0.1, 0.15) is 0 Å². The summed E-state index contributed by atoms with van der Waals surface area (Å²) in [4.78, 5) is 10.3. The van der Waals surface area contributed by atoms with Crippen molar-refractivity contribution >= 4 is 5.97 Å². The van der Waals surface area contributed by atoms with E-state index in [0.29, 0.717) is 0 Å². The van der Waals surface area contributed by atoms with Crippen molar-refractivity contribution in [2.24, 2.45) is 0 Å². The second-order valence-electron chi connectivity index (χ2n) is 3.43. The summed E-state index contributed by atoms with van der Waals surface area (Å²) in [5.41, 5.74) is -0.289. The molecule has 5 N–H and O–H groups in total. The Morgan fingerprint density at radius 1 is 1.24 bits per heavy atom. The normalized spacial score (nSPS) is 11.2. The molecule has 0 saturated heterocycles. The molecule has 0 spiro atoms. The van der Waals surface area contributed by atoms with Gasteiger partial charge in [0.2, 0.25) is 0 Å². The van der Waals surface area contributed by atoms with Crippen LogP contribution in [0.4, 0.5) is 0 Å². The van der Waals surface area contributed by atoms with E-state index < -0.39 is 23.2 Å². The van der Waals surface area contributed by atoms with E-state index in [2.05, 4.69) is 0 Å². The molecule has 6 nitrogen and oxygen atoms in total. The van der Waals surface area contributed by atoms with Gasteiger partial charge in [-0.25, -0.2) is 4.79 Å². The third kappa shape index (κ3) is 5.07. The minimum atomic E-state index is -1.29. The lowest BCUT2D eigenvalue weighted by Crippen LogP contribution is -1.95. The van der Waals surface area contributed by atoms with Crippen molar-refractivity contribution in [1.82, 2.24) is 0 Å². The Labute approximate surface area is 98.4 Å². The minimum absolute atomic E-state index is 0.116.